The van der Waals surface area contributed by atoms with Crippen molar-refractivity contribution in [3.8, 4) is 0 Å². The molecule has 0 radical (unpaired) electrons. The zero-order valence-corrected chi connectivity index (χ0v) is 11.0. The van der Waals surface area contributed by atoms with E-state index < -0.39 is 29.2 Å². The van der Waals surface area contributed by atoms with E-state index in [4.69, 9.17) is 0 Å². The Morgan fingerprint density at radius 1 is 1.05 bits per heavy atom. The Morgan fingerprint density at radius 3 is 2.35 bits per heavy atom. The molecular formula is C13H15F4N3. The second-order valence-corrected chi connectivity index (χ2v) is 5.46. The van der Waals surface area contributed by atoms with Gasteiger partial charge in [-0.1, -0.05) is 0 Å². The van der Waals surface area contributed by atoms with Crippen molar-refractivity contribution in [2.45, 2.75) is 31.8 Å². The molecule has 0 spiro atoms. The molecule has 2 fully saturated rings. The maximum atomic E-state index is 13.8. The van der Waals surface area contributed by atoms with Gasteiger partial charge in [-0.25, -0.2) is 0 Å². The van der Waals surface area contributed by atoms with Gasteiger partial charge in [-0.05, 0) is 26.3 Å². The van der Waals surface area contributed by atoms with Crippen LogP contribution < -0.4 is 4.90 Å². The molecule has 1 aromatic rings. The number of halogens is 4. The lowest BCUT2D eigenvalue weighted by atomic mass is 10.1. The van der Waals surface area contributed by atoms with Gasteiger partial charge in [-0.3, -0.25) is 4.90 Å². The van der Waals surface area contributed by atoms with Crippen molar-refractivity contribution in [2.75, 3.05) is 24.5 Å². The molecule has 2 unspecified atom stereocenters. The lowest BCUT2D eigenvalue weighted by molar-refractivity contribution is 0.200. The highest BCUT2D eigenvalue weighted by Gasteiger charge is 2.37. The summed E-state index contributed by atoms with van der Waals surface area (Å²) in [5, 5.41) is 0. The van der Waals surface area contributed by atoms with E-state index in [1.807, 2.05) is 0 Å². The minimum absolute atomic E-state index is 0.185. The third-order valence-electron chi connectivity index (χ3n) is 4.20. The van der Waals surface area contributed by atoms with Crippen molar-refractivity contribution >= 4 is 5.69 Å². The Bertz CT molecular complexity index is 511. The number of pyridine rings is 1. The number of piperazine rings is 1. The fourth-order valence-electron chi connectivity index (χ4n) is 3.23. The molecule has 0 aliphatic carbocycles. The van der Waals surface area contributed by atoms with Gasteiger partial charge in [-0.15, -0.1) is 0 Å². The van der Waals surface area contributed by atoms with Crippen molar-refractivity contribution in [3.63, 3.8) is 0 Å². The summed E-state index contributed by atoms with van der Waals surface area (Å²) in [6.45, 7) is 3.77. The highest BCUT2D eigenvalue weighted by molar-refractivity contribution is 5.50. The fourth-order valence-corrected chi connectivity index (χ4v) is 3.23. The Kier molecular flexibility index (Phi) is 3.32. The Balaban J connectivity index is 2.00. The second kappa shape index (κ2) is 4.87. The van der Waals surface area contributed by atoms with Crippen LogP contribution in [0, 0.1) is 23.5 Å². The molecule has 2 saturated heterocycles. The average molecular weight is 289 g/mol. The zero-order valence-electron chi connectivity index (χ0n) is 11.0. The lowest BCUT2D eigenvalue weighted by Crippen LogP contribution is -2.55. The monoisotopic (exact) mass is 289 g/mol. The quantitative estimate of drug-likeness (QED) is 0.584. The van der Waals surface area contributed by atoms with Crippen LogP contribution in [0.3, 0.4) is 0 Å². The minimum Gasteiger partial charge on any atom is -0.361 e. The summed E-state index contributed by atoms with van der Waals surface area (Å²) in [6, 6.07) is -0.0289. The van der Waals surface area contributed by atoms with Crippen molar-refractivity contribution < 1.29 is 17.6 Å². The molecule has 2 aliphatic rings. The molecule has 7 heteroatoms. The molecule has 3 heterocycles. The van der Waals surface area contributed by atoms with Gasteiger partial charge in [-0.2, -0.15) is 22.5 Å². The number of nitrogens with zero attached hydrogens (tertiary/aromatic N) is 3. The van der Waals surface area contributed by atoms with Crippen LogP contribution in [-0.2, 0) is 0 Å². The van der Waals surface area contributed by atoms with E-state index >= 15 is 0 Å². The van der Waals surface area contributed by atoms with Crippen molar-refractivity contribution in [1.29, 1.82) is 0 Å². The molecule has 0 aromatic carbocycles. The number of fused-ring (bicyclic) bond motifs is 1. The van der Waals surface area contributed by atoms with E-state index in [-0.39, 0.29) is 12.1 Å². The van der Waals surface area contributed by atoms with Crippen LogP contribution in [0.5, 0.6) is 0 Å². The molecular weight excluding hydrogens is 274 g/mol. The largest absolute Gasteiger partial charge is 0.361 e. The summed E-state index contributed by atoms with van der Waals surface area (Å²) >= 11 is 0. The summed E-state index contributed by atoms with van der Waals surface area (Å²) in [7, 11) is 0. The maximum absolute atomic E-state index is 13.8. The first kappa shape index (κ1) is 13.6. The van der Waals surface area contributed by atoms with Crippen molar-refractivity contribution in [2.24, 2.45) is 0 Å². The Morgan fingerprint density at radius 2 is 1.70 bits per heavy atom. The number of hydrogen-bond acceptors (Lipinski definition) is 3. The standard InChI is InChI=1S/C13H15F4N3/c1-7-5-19-4-2-3-8(19)6-20(7)11-9(14)12(16)18-13(17)10(11)15/h7-8H,2-6H2,1H3. The first-order valence-electron chi connectivity index (χ1n) is 6.69. The van der Waals surface area contributed by atoms with Gasteiger partial charge in [0.05, 0.1) is 0 Å². The third-order valence-corrected chi connectivity index (χ3v) is 4.20. The average Bonchev–Trinajstić information content (AvgIpc) is 2.84. The van der Waals surface area contributed by atoms with Gasteiger partial charge in [0.1, 0.15) is 5.69 Å². The minimum atomic E-state index is -1.60. The van der Waals surface area contributed by atoms with E-state index in [9.17, 15) is 17.6 Å². The molecule has 2 atom stereocenters. The smallest absolute Gasteiger partial charge is 0.253 e. The summed E-state index contributed by atoms with van der Waals surface area (Å²) < 4.78 is 54.2. The lowest BCUT2D eigenvalue weighted by Gasteiger charge is -2.43. The number of anilines is 1. The van der Waals surface area contributed by atoms with Crippen LogP contribution in [0.2, 0.25) is 0 Å². The first-order valence-corrected chi connectivity index (χ1v) is 6.69. The number of aromatic nitrogens is 1. The van der Waals surface area contributed by atoms with Gasteiger partial charge in [0.25, 0.3) is 11.9 Å². The topological polar surface area (TPSA) is 19.4 Å². The molecule has 110 valence electrons. The molecule has 3 rings (SSSR count). The predicted molar refractivity (Wildman–Crippen MR) is 65.5 cm³/mol. The number of hydrogen-bond donors (Lipinski definition) is 0. The molecule has 2 aliphatic heterocycles. The van der Waals surface area contributed by atoms with E-state index in [2.05, 4.69) is 9.88 Å². The summed E-state index contributed by atoms with van der Waals surface area (Å²) in [5.74, 6) is -6.02. The Labute approximate surface area is 114 Å². The van der Waals surface area contributed by atoms with Crippen LogP contribution in [0.1, 0.15) is 19.8 Å². The summed E-state index contributed by atoms with van der Waals surface area (Å²) in [4.78, 5) is 6.28. The normalized spacial score (nSPS) is 26.9. The highest BCUT2D eigenvalue weighted by atomic mass is 19.2. The van der Waals surface area contributed by atoms with Gasteiger partial charge in [0.15, 0.2) is 0 Å². The van der Waals surface area contributed by atoms with Gasteiger partial charge in [0, 0.05) is 25.2 Å². The molecule has 0 saturated carbocycles. The van der Waals surface area contributed by atoms with Crippen LogP contribution in [0.15, 0.2) is 0 Å². The van der Waals surface area contributed by atoms with Crippen LogP contribution in [-0.4, -0.2) is 41.6 Å². The fraction of sp³-hybridized carbons (Fsp3) is 0.615. The molecule has 0 amide bonds. The Hall–Kier alpha value is -1.37. The van der Waals surface area contributed by atoms with Crippen molar-refractivity contribution in [1.82, 2.24) is 9.88 Å². The predicted octanol–water partition coefficient (Wildman–Crippen LogP) is 2.31. The molecule has 3 nitrogen and oxygen atoms in total. The SMILES string of the molecule is CC1CN2CCCC2CN1c1c(F)c(F)nc(F)c1F. The molecule has 0 N–H and O–H groups in total. The van der Waals surface area contributed by atoms with E-state index in [0.29, 0.717) is 13.1 Å². The zero-order chi connectivity index (χ0) is 14.4. The van der Waals surface area contributed by atoms with Crippen LogP contribution in [0.4, 0.5) is 23.2 Å². The molecule has 1 aromatic heterocycles. The van der Waals surface area contributed by atoms with E-state index in [0.717, 1.165) is 19.4 Å². The van der Waals surface area contributed by atoms with Gasteiger partial charge < -0.3 is 4.90 Å². The van der Waals surface area contributed by atoms with E-state index in [1.165, 1.54) is 4.90 Å². The van der Waals surface area contributed by atoms with E-state index in [1.54, 1.807) is 6.92 Å². The van der Waals surface area contributed by atoms with Crippen molar-refractivity contribution in [3.05, 3.63) is 23.5 Å². The highest BCUT2D eigenvalue weighted by Crippen LogP contribution is 2.33. The molecule has 20 heavy (non-hydrogen) atoms. The third kappa shape index (κ3) is 2.04. The van der Waals surface area contributed by atoms with Gasteiger partial charge in [0.2, 0.25) is 11.6 Å². The summed E-state index contributed by atoms with van der Waals surface area (Å²) in [5.41, 5.74) is -0.631. The van der Waals surface area contributed by atoms with Crippen LogP contribution >= 0.6 is 0 Å². The van der Waals surface area contributed by atoms with Gasteiger partial charge >= 0.3 is 0 Å². The van der Waals surface area contributed by atoms with Crippen LogP contribution in [0.25, 0.3) is 0 Å². The maximum Gasteiger partial charge on any atom is 0.253 e. The first-order chi connectivity index (χ1) is 9.49. The summed E-state index contributed by atoms with van der Waals surface area (Å²) in [6.07, 6.45) is 1.97. The molecule has 0 bridgehead atoms. The second-order valence-electron chi connectivity index (χ2n) is 5.46. The number of rotatable bonds is 1.